The second-order valence-electron chi connectivity index (χ2n) is 13.6. The van der Waals surface area contributed by atoms with Gasteiger partial charge in [-0.25, -0.2) is 0 Å². The molecule has 50 heavy (non-hydrogen) atoms. The van der Waals surface area contributed by atoms with Crippen LogP contribution in [0.5, 0.6) is 0 Å². The molecule has 0 aliphatic heterocycles. The summed E-state index contributed by atoms with van der Waals surface area (Å²) in [5.41, 5.74) is 18.1. The van der Waals surface area contributed by atoms with Crippen molar-refractivity contribution in [1.29, 1.82) is 0 Å². The molecule has 0 amide bonds. The van der Waals surface area contributed by atoms with Crippen molar-refractivity contribution in [3.05, 3.63) is 222 Å². The summed E-state index contributed by atoms with van der Waals surface area (Å²) in [6.45, 7) is 0. The number of anilines is 2. The first-order chi connectivity index (χ1) is 24.8. The van der Waals surface area contributed by atoms with Crippen molar-refractivity contribution < 1.29 is 0 Å². The second kappa shape index (κ2) is 11.5. The van der Waals surface area contributed by atoms with Gasteiger partial charge in [0, 0.05) is 11.4 Å². The van der Waals surface area contributed by atoms with Crippen LogP contribution in [0, 0.1) is 0 Å². The molecular formula is C49H35N. The lowest BCUT2D eigenvalue weighted by Crippen LogP contribution is -2.35. The monoisotopic (exact) mass is 637 g/mol. The van der Waals surface area contributed by atoms with E-state index in [4.69, 9.17) is 0 Å². The summed E-state index contributed by atoms with van der Waals surface area (Å²) >= 11 is 0. The van der Waals surface area contributed by atoms with Gasteiger partial charge >= 0.3 is 0 Å². The van der Waals surface area contributed by atoms with Gasteiger partial charge in [0.15, 0.2) is 0 Å². The van der Waals surface area contributed by atoms with Gasteiger partial charge in [-0.05, 0) is 104 Å². The fraction of sp³-hybridized carbons (Fsp3) is 0.0612. The third-order valence-electron chi connectivity index (χ3n) is 11.1. The van der Waals surface area contributed by atoms with Gasteiger partial charge in [0.25, 0.3) is 0 Å². The van der Waals surface area contributed by atoms with E-state index in [1.807, 2.05) is 0 Å². The highest BCUT2D eigenvalue weighted by molar-refractivity contribution is 5.98. The van der Waals surface area contributed by atoms with E-state index in [2.05, 4.69) is 199 Å². The van der Waals surface area contributed by atoms with E-state index in [-0.39, 0.29) is 11.5 Å². The van der Waals surface area contributed by atoms with Gasteiger partial charge in [-0.3, -0.25) is 0 Å². The van der Waals surface area contributed by atoms with Crippen LogP contribution in [-0.2, 0) is 5.41 Å². The predicted octanol–water partition coefficient (Wildman–Crippen LogP) is 12.3. The van der Waals surface area contributed by atoms with Crippen LogP contribution in [-0.4, -0.2) is 6.04 Å². The predicted molar refractivity (Wildman–Crippen MR) is 209 cm³/mol. The Labute approximate surface area is 294 Å². The number of hydrogen-bond donors (Lipinski definition) is 0. The Balaban J connectivity index is 1.15. The molecule has 7 aromatic rings. The zero-order valence-electron chi connectivity index (χ0n) is 27.7. The number of rotatable bonds is 5. The highest BCUT2D eigenvalue weighted by atomic mass is 15.2. The first kappa shape index (κ1) is 28.8. The summed E-state index contributed by atoms with van der Waals surface area (Å²) in [6, 6.07) is 67.1. The molecule has 0 heterocycles. The van der Waals surface area contributed by atoms with Gasteiger partial charge in [0.05, 0.1) is 11.5 Å². The molecule has 1 unspecified atom stereocenters. The zero-order valence-corrected chi connectivity index (χ0v) is 27.7. The van der Waals surface area contributed by atoms with Crippen molar-refractivity contribution in [3.8, 4) is 33.4 Å². The van der Waals surface area contributed by atoms with E-state index in [1.54, 1.807) is 0 Å². The maximum absolute atomic E-state index is 2.52. The van der Waals surface area contributed by atoms with E-state index in [0.29, 0.717) is 0 Å². The van der Waals surface area contributed by atoms with Gasteiger partial charge in [-0.2, -0.15) is 0 Å². The molecule has 0 aromatic heterocycles. The average Bonchev–Trinajstić information content (AvgIpc) is 3.66. The number of nitrogens with zero attached hydrogens (tertiary/aromatic N) is 1. The van der Waals surface area contributed by atoms with Crippen molar-refractivity contribution in [1.82, 2.24) is 0 Å². The Kier molecular flexibility index (Phi) is 6.60. The van der Waals surface area contributed by atoms with E-state index in [1.165, 1.54) is 78.2 Å². The minimum absolute atomic E-state index is 0.148. The lowest BCUT2D eigenvalue weighted by atomic mass is 9.67. The first-order valence-corrected chi connectivity index (χ1v) is 17.6. The molecule has 236 valence electrons. The standard InChI is InChI=1S/C49H35N/c1-4-14-34(15-5-1)35-24-26-36(27-25-35)37-28-30-43-44-31-29-40(50(38-16-6-2-7-17-38)39-18-8-3-9-19-39)33-48(44)49(47(43)32-37)45-22-12-10-20-41(45)42-21-11-13-23-46(42)49/h1-32,40H,33H2. The van der Waals surface area contributed by atoms with Crippen LogP contribution in [0.1, 0.15) is 28.7 Å². The molecule has 0 N–H and O–H groups in total. The molecular weight excluding hydrogens is 603 g/mol. The minimum atomic E-state index is -0.375. The summed E-state index contributed by atoms with van der Waals surface area (Å²) in [4.78, 5) is 2.52. The number of hydrogen-bond acceptors (Lipinski definition) is 1. The average molecular weight is 638 g/mol. The number of para-hydroxylation sites is 2. The molecule has 1 heteroatoms. The fourth-order valence-corrected chi connectivity index (χ4v) is 8.96. The molecule has 7 aromatic carbocycles. The maximum atomic E-state index is 2.52. The Bertz CT molecular complexity index is 2350. The lowest BCUT2D eigenvalue weighted by molar-refractivity contribution is 0.663. The molecule has 0 radical (unpaired) electrons. The second-order valence-corrected chi connectivity index (χ2v) is 13.6. The molecule has 3 aliphatic carbocycles. The third kappa shape index (κ3) is 4.27. The SMILES string of the molecule is C1=CC(N(c2ccccc2)c2ccccc2)CC2=C1c1ccc(-c3ccc(-c4ccccc4)cc3)cc1C21c2ccccc2-c2ccccc21. The Morgan fingerprint density at radius 3 is 1.50 bits per heavy atom. The maximum Gasteiger partial charge on any atom is 0.0689 e. The van der Waals surface area contributed by atoms with Crippen molar-refractivity contribution >= 4 is 16.9 Å². The van der Waals surface area contributed by atoms with E-state index < -0.39 is 0 Å². The van der Waals surface area contributed by atoms with Gasteiger partial charge < -0.3 is 4.90 Å². The summed E-state index contributed by atoms with van der Waals surface area (Å²) in [7, 11) is 0. The van der Waals surface area contributed by atoms with E-state index in [0.717, 1.165) is 6.42 Å². The number of benzene rings is 7. The van der Waals surface area contributed by atoms with Gasteiger partial charge in [-0.15, -0.1) is 0 Å². The van der Waals surface area contributed by atoms with Gasteiger partial charge in [-0.1, -0.05) is 164 Å². The molecule has 10 rings (SSSR count). The highest BCUT2D eigenvalue weighted by Crippen LogP contribution is 2.64. The van der Waals surface area contributed by atoms with E-state index >= 15 is 0 Å². The molecule has 1 atom stereocenters. The third-order valence-corrected chi connectivity index (χ3v) is 11.1. The van der Waals surface area contributed by atoms with E-state index in [9.17, 15) is 0 Å². The lowest BCUT2D eigenvalue weighted by Gasteiger charge is -2.39. The van der Waals surface area contributed by atoms with Crippen LogP contribution < -0.4 is 4.90 Å². The Morgan fingerprint density at radius 2 is 0.900 bits per heavy atom. The molecule has 3 aliphatic rings. The van der Waals surface area contributed by atoms with Crippen LogP contribution in [0.3, 0.4) is 0 Å². The van der Waals surface area contributed by atoms with Crippen molar-refractivity contribution in [2.24, 2.45) is 0 Å². The minimum Gasteiger partial charge on any atom is -0.334 e. The normalized spacial score (nSPS) is 16.1. The van der Waals surface area contributed by atoms with Crippen LogP contribution in [0.2, 0.25) is 0 Å². The topological polar surface area (TPSA) is 3.24 Å². The molecule has 1 nitrogen and oxygen atoms in total. The van der Waals surface area contributed by atoms with Gasteiger partial charge in [0.2, 0.25) is 0 Å². The van der Waals surface area contributed by atoms with Crippen molar-refractivity contribution in [2.75, 3.05) is 4.90 Å². The Hall–Kier alpha value is -6.18. The van der Waals surface area contributed by atoms with Crippen LogP contribution >= 0.6 is 0 Å². The summed E-state index contributed by atoms with van der Waals surface area (Å²) in [6.07, 6.45) is 5.77. The quantitative estimate of drug-likeness (QED) is 0.182. The van der Waals surface area contributed by atoms with Crippen LogP contribution in [0.15, 0.2) is 200 Å². The molecule has 0 saturated carbocycles. The van der Waals surface area contributed by atoms with Crippen LogP contribution in [0.4, 0.5) is 11.4 Å². The summed E-state index contributed by atoms with van der Waals surface area (Å²) in [5, 5.41) is 0. The van der Waals surface area contributed by atoms with Crippen molar-refractivity contribution in [3.63, 3.8) is 0 Å². The first-order valence-electron chi connectivity index (χ1n) is 17.6. The summed E-state index contributed by atoms with van der Waals surface area (Å²) < 4.78 is 0. The smallest absolute Gasteiger partial charge is 0.0689 e. The van der Waals surface area contributed by atoms with Crippen LogP contribution in [0.25, 0.3) is 39.0 Å². The molecule has 0 fully saturated rings. The largest absolute Gasteiger partial charge is 0.334 e. The molecule has 0 saturated heterocycles. The fourth-order valence-electron chi connectivity index (χ4n) is 8.96. The Morgan fingerprint density at radius 1 is 0.420 bits per heavy atom. The number of allylic oxidation sites excluding steroid dienone is 2. The van der Waals surface area contributed by atoms with Gasteiger partial charge in [0.1, 0.15) is 0 Å². The highest BCUT2D eigenvalue weighted by Gasteiger charge is 2.53. The van der Waals surface area contributed by atoms with Crippen molar-refractivity contribution in [2.45, 2.75) is 17.9 Å². The molecule has 0 bridgehead atoms. The zero-order chi connectivity index (χ0) is 33.1. The number of fused-ring (bicyclic) bond motifs is 9. The molecule has 1 spiro atoms. The summed E-state index contributed by atoms with van der Waals surface area (Å²) in [5.74, 6) is 0.